The highest BCUT2D eigenvalue weighted by Gasteiger charge is 2.12. The van der Waals surface area contributed by atoms with Gasteiger partial charge in [-0.3, -0.25) is 15.1 Å². The van der Waals surface area contributed by atoms with E-state index in [0.717, 1.165) is 5.69 Å². The Bertz CT molecular complexity index is 575. The molecule has 0 aliphatic heterocycles. The van der Waals surface area contributed by atoms with E-state index in [9.17, 15) is 10.1 Å². The second-order valence-corrected chi connectivity index (χ2v) is 4.20. The molecule has 0 bridgehead atoms. The van der Waals surface area contributed by atoms with E-state index in [0.29, 0.717) is 18.8 Å². The number of rotatable bonds is 5. The molecule has 0 radical (unpaired) electrons. The molecular weight excluding hydrogens is 268 g/mol. The van der Waals surface area contributed by atoms with Crippen LogP contribution in [0.4, 0.5) is 5.69 Å². The second kappa shape index (κ2) is 6.15. The Balaban J connectivity index is 1.93. The lowest BCUT2D eigenvalue weighted by Crippen LogP contribution is -2.02. The maximum absolute atomic E-state index is 10.6. The summed E-state index contributed by atoms with van der Waals surface area (Å²) in [6.07, 6.45) is 2.38. The molecule has 2 aromatic rings. The van der Waals surface area contributed by atoms with Crippen LogP contribution in [0.15, 0.2) is 42.6 Å². The molecule has 0 amide bonds. The van der Waals surface area contributed by atoms with E-state index in [4.69, 9.17) is 16.3 Å². The summed E-state index contributed by atoms with van der Waals surface area (Å²) in [6.45, 7) is 0.436. The lowest BCUT2D eigenvalue weighted by Gasteiger charge is -2.06. The van der Waals surface area contributed by atoms with E-state index >= 15 is 0 Å². The summed E-state index contributed by atoms with van der Waals surface area (Å²) in [5.74, 6) is 0.506. The molecule has 0 fully saturated rings. The highest BCUT2D eigenvalue weighted by molar-refractivity contribution is 6.32. The van der Waals surface area contributed by atoms with E-state index in [1.54, 1.807) is 6.20 Å². The van der Waals surface area contributed by atoms with Gasteiger partial charge in [-0.1, -0.05) is 17.7 Å². The van der Waals surface area contributed by atoms with Crippen molar-refractivity contribution in [2.45, 2.75) is 6.42 Å². The molecule has 0 aliphatic rings. The molecule has 0 N–H and O–H groups in total. The molecule has 0 aliphatic carbocycles. The van der Waals surface area contributed by atoms with Gasteiger partial charge in [0.15, 0.2) is 0 Å². The monoisotopic (exact) mass is 278 g/mol. The number of benzene rings is 1. The van der Waals surface area contributed by atoms with E-state index in [-0.39, 0.29) is 10.7 Å². The van der Waals surface area contributed by atoms with Crippen LogP contribution in [0.25, 0.3) is 0 Å². The molecule has 0 atom stereocenters. The molecule has 5 nitrogen and oxygen atoms in total. The molecule has 1 aromatic carbocycles. The SMILES string of the molecule is O=[N+]([O-])c1ccc(OCCc2ccccn2)cc1Cl. The Morgan fingerprint density at radius 1 is 1.32 bits per heavy atom. The number of nitrogens with zero attached hydrogens (tertiary/aromatic N) is 2. The van der Waals surface area contributed by atoms with E-state index < -0.39 is 4.92 Å². The summed E-state index contributed by atoms with van der Waals surface area (Å²) in [5, 5.41) is 10.7. The third-order valence-electron chi connectivity index (χ3n) is 2.47. The Kier molecular flexibility index (Phi) is 4.30. The van der Waals surface area contributed by atoms with Crippen molar-refractivity contribution in [2.75, 3.05) is 6.61 Å². The largest absolute Gasteiger partial charge is 0.493 e. The van der Waals surface area contributed by atoms with Crippen LogP contribution in [-0.4, -0.2) is 16.5 Å². The lowest BCUT2D eigenvalue weighted by atomic mass is 10.3. The van der Waals surface area contributed by atoms with Gasteiger partial charge in [0.25, 0.3) is 5.69 Å². The number of nitro groups is 1. The van der Waals surface area contributed by atoms with Gasteiger partial charge in [0.05, 0.1) is 11.5 Å². The van der Waals surface area contributed by atoms with Gasteiger partial charge in [0.1, 0.15) is 10.8 Å². The average Bonchev–Trinajstić information content (AvgIpc) is 2.39. The number of halogens is 1. The van der Waals surface area contributed by atoms with E-state index in [1.807, 2.05) is 18.2 Å². The zero-order chi connectivity index (χ0) is 13.7. The zero-order valence-corrected chi connectivity index (χ0v) is 10.7. The predicted octanol–water partition coefficient (Wildman–Crippen LogP) is 3.26. The summed E-state index contributed by atoms with van der Waals surface area (Å²) in [5.41, 5.74) is 0.800. The maximum Gasteiger partial charge on any atom is 0.288 e. The van der Waals surface area contributed by atoms with Gasteiger partial charge in [0.2, 0.25) is 0 Å². The zero-order valence-electron chi connectivity index (χ0n) is 9.95. The third-order valence-corrected chi connectivity index (χ3v) is 2.77. The molecule has 6 heteroatoms. The quantitative estimate of drug-likeness (QED) is 0.622. The number of aromatic nitrogens is 1. The van der Waals surface area contributed by atoms with Crippen LogP contribution >= 0.6 is 11.6 Å². The second-order valence-electron chi connectivity index (χ2n) is 3.79. The fourth-order valence-corrected chi connectivity index (χ4v) is 1.78. The van der Waals surface area contributed by atoms with Crippen molar-refractivity contribution in [2.24, 2.45) is 0 Å². The number of pyridine rings is 1. The van der Waals surface area contributed by atoms with Crippen molar-refractivity contribution < 1.29 is 9.66 Å². The number of ether oxygens (including phenoxy) is 1. The van der Waals surface area contributed by atoms with Gasteiger partial charge in [-0.2, -0.15) is 0 Å². The minimum atomic E-state index is -0.528. The van der Waals surface area contributed by atoms with Gasteiger partial charge in [-0.25, -0.2) is 0 Å². The van der Waals surface area contributed by atoms with Gasteiger partial charge >= 0.3 is 0 Å². The number of hydrogen-bond donors (Lipinski definition) is 0. The molecule has 19 heavy (non-hydrogen) atoms. The van der Waals surface area contributed by atoms with Crippen LogP contribution in [0.5, 0.6) is 5.75 Å². The average molecular weight is 279 g/mol. The first-order valence-electron chi connectivity index (χ1n) is 5.63. The Labute approximate surface area is 115 Å². The Morgan fingerprint density at radius 3 is 2.79 bits per heavy atom. The van der Waals surface area contributed by atoms with E-state index in [1.165, 1.54) is 18.2 Å². The van der Waals surface area contributed by atoms with Gasteiger partial charge in [0, 0.05) is 30.4 Å². The van der Waals surface area contributed by atoms with Crippen molar-refractivity contribution in [1.29, 1.82) is 0 Å². The number of nitro benzene ring substituents is 1. The van der Waals surface area contributed by atoms with Gasteiger partial charge in [-0.15, -0.1) is 0 Å². The van der Waals surface area contributed by atoms with Crippen LogP contribution in [0.1, 0.15) is 5.69 Å². The fourth-order valence-electron chi connectivity index (χ4n) is 1.54. The highest BCUT2D eigenvalue weighted by Crippen LogP contribution is 2.28. The molecule has 2 rings (SSSR count). The first-order chi connectivity index (χ1) is 9.16. The van der Waals surface area contributed by atoms with Crippen LogP contribution in [-0.2, 0) is 6.42 Å². The van der Waals surface area contributed by atoms with Crippen LogP contribution < -0.4 is 4.74 Å². The smallest absolute Gasteiger partial charge is 0.288 e. The summed E-state index contributed by atoms with van der Waals surface area (Å²) < 4.78 is 5.48. The first kappa shape index (κ1) is 13.3. The molecule has 0 spiro atoms. The number of hydrogen-bond acceptors (Lipinski definition) is 4. The minimum absolute atomic E-state index is 0.0698. The summed E-state index contributed by atoms with van der Waals surface area (Å²) in [7, 11) is 0. The molecule has 0 saturated carbocycles. The molecule has 0 saturated heterocycles. The van der Waals surface area contributed by atoms with E-state index in [2.05, 4.69) is 4.98 Å². The Hall–Kier alpha value is -2.14. The highest BCUT2D eigenvalue weighted by atomic mass is 35.5. The molecule has 98 valence electrons. The van der Waals surface area contributed by atoms with Gasteiger partial charge < -0.3 is 4.74 Å². The van der Waals surface area contributed by atoms with Crippen LogP contribution in [0, 0.1) is 10.1 Å². The van der Waals surface area contributed by atoms with Crippen molar-refractivity contribution in [3.63, 3.8) is 0 Å². The fraction of sp³-hybridized carbons (Fsp3) is 0.154. The molecule has 1 heterocycles. The van der Waals surface area contributed by atoms with Crippen LogP contribution in [0.2, 0.25) is 5.02 Å². The van der Waals surface area contributed by atoms with Crippen molar-refractivity contribution in [3.8, 4) is 5.75 Å². The predicted molar refractivity (Wildman–Crippen MR) is 71.5 cm³/mol. The topological polar surface area (TPSA) is 65.3 Å². The van der Waals surface area contributed by atoms with Gasteiger partial charge in [-0.05, 0) is 18.2 Å². The van der Waals surface area contributed by atoms with Crippen molar-refractivity contribution in [3.05, 3.63) is 63.4 Å². The third kappa shape index (κ3) is 3.66. The summed E-state index contributed by atoms with van der Waals surface area (Å²) in [4.78, 5) is 14.2. The van der Waals surface area contributed by atoms with Crippen LogP contribution in [0.3, 0.4) is 0 Å². The standard InChI is InChI=1S/C13H11ClN2O3/c14-12-9-11(4-5-13(12)16(17)18)19-8-6-10-3-1-2-7-15-10/h1-5,7,9H,6,8H2. The molecule has 1 aromatic heterocycles. The lowest BCUT2D eigenvalue weighted by molar-refractivity contribution is -0.384. The maximum atomic E-state index is 10.6. The first-order valence-corrected chi connectivity index (χ1v) is 6.01. The van der Waals surface area contributed by atoms with Crippen molar-refractivity contribution >= 4 is 17.3 Å². The molecular formula is C13H11ClN2O3. The minimum Gasteiger partial charge on any atom is -0.493 e. The normalized spacial score (nSPS) is 10.2. The Morgan fingerprint density at radius 2 is 2.16 bits per heavy atom. The van der Waals surface area contributed by atoms with Crippen molar-refractivity contribution in [1.82, 2.24) is 4.98 Å². The summed E-state index contributed by atoms with van der Waals surface area (Å²) >= 11 is 5.79. The molecule has 0 unspecified atom stereocenters. The summed E-state index contributed by atoms with van der Waals surface area (Å²) in [6, 6.07) is 9.97.